The Kier molecular flexibility index (Phi) is 6.76. The normalized spacial score (nSPS) is 11.7. The fraction of sp³-hybridized carbons (Fsp3) is 0.294. The highest BCUT2D eigenvalue weighted by Crippen LogP contribution is 2.14. The van der Waals surface area contributed by atoms with Crippen LogP contribution in [0.25, 0.3) is 11.3 Å². The molecule has 0 fully saturated rings. The fourth-order valence-electron chi connectivity index (χ4n) is 2.21. The van der Waals surface area contributed by atoms with Crippen molar-refractivity contribution in [2.24, 2.45) is 0 Å². The van der Waals surface area contributed by atoms with E-state index in [1.807, 2.05) is 36.6 Å². The smallest absolute Gasteiger partial charge is 0.326 e. The van der Waals surface area contributed by atoms with Crippen LogP contribution >= 0.6 is 11.8 Å². The molecule has 0 spiro atoms. The van der Waals surface area contributed by atoms with E-state index in [0.717, 1.165) is 11.8 Å². The van der Waals surface area contributed by atoms with Crippen LogP contribution < -0.4 is 10.9 Å². The van der Waals surface area contributed by atoms with E-state index < -0.39 is 23.5 Å². The predicted molar refractivity (Wildman–Crippen MR) is 96.5 cm³/mol. The lowest BCUT2D eigenvalue weighted by Gasteiger charge is -2.14. The van der Waals surface area contributed by atoms with E-state index in [1.54, 1.807) is 0 Å². The van der Waals surface area contributed by atoms with Crippen LogP contribution in [0.3, 0.4) is 0 Å². The number of hydrogen-bond acceptors (Lipinski definition) is 5. The van der Waals surface area contributed by atoms with Crippen molar-refractivity contribution in [1.29, 1.82) is 0 Å². The van der Waals surface area contributed by atoms with Gasteiger partial charge in [-0.05, 0) is 18.4 Å². The molecule has 2 aromatic rings. The Morgan fingerprint density at radius 1 is 1.32 bits per heavy atom. The fourth-order valence-corrected chi connectivity index (χ4v) is 2.68. The van der Waals surface area contributed by atoms with Crippen LogP contribution in [0.1, 0.15) is 6.42 Å². The third-order valence-corrected chi connectivity index (χ3v) is 4.15. The van der Waals surface area contributed by atoms with Crippen molar-refractivity contribution in [3.63, 3.8) is 0 Å². The highest BCUT2D eigenvalue weighted by atomic mass is 32.2. The van der Waals surface area contributed by atoms with Gasteiger partial charge in [-0.15, -0.1) is 0 Å². The van der Waals surface area contributed by atoms with E-state index in [9.17, 15) is 14.4 Å². The number of aliphatic carboxylic acids is 1. The molecule has 7 nitrogen and oxygen atoms in total. The molecule has 0 aliphatic heterocycles. The zero-order chi connectivity index (χ0) is 18.2. The molecule has 2 rings (SSSR count). The summed E-state index contributed by atoms with van der Waals surface area (Å²) in [4.78, 5) is 39.3. The molecule has 0 unspecified atom stereocenters. The summed E-state index contributed by atoms with van der Waals surface area (Å²) < 4.78 is 1.22. The molecular formula is C17H19N3O4S. The lowest BCUT2D eigenvalue weighted by Crippen LogP contribution is -2.43. The molecule has 1 atom stereocenters. The molecule has 1 aromatic heterocycles. The first-order chi connectivity index (χ1) is 12.0. The SMILES string of the molecule is CSCC[C@@H](NC(=O)Cn1cc(-c2ccccc2)ncc1=O)C(=O)O. The quantitative estimate of drug-likeness (QED) is 0.733. The molecule has 8 heteroatoms. The molecule has 25 heavy (non-hydrogen) atoms. The zero-order valence-electron chi connectivity index (χ0n) is 13.7. The maximum Gasteiger partial charge on any atom is 0.326 e. The minimum atomic E-state index is -1.09. The Labute approximate surface area is 149 Å². The Morgan fingerprint density at radius 2 is 2.04 bits per heavy atom. The molecular weight excluding hydrogens is 342 g/mol. The van der Waals surface area contributed by atoms with Gasteiger partial charge in [0.1, 0.15) is 12.6 Å². The largest absolute Gasteiger partial charge is 0.480 e. The Morgan fingerprint density at radius 3 is 2.68 bits per heavy atom. The van der Waals surface area contributed by atoms with E-state index in [2.05, 4.69) is 10.3 Å². The topological polar surface area (TPSA) is 101 Å². The number of carboxylic acids is 1. The molecule has 0 aliphatic rings. The first-order valence-electron chi connectivity index (χ1n) is 7.64. The molecule has 132 valence electrons. The number of rotatable bonds is 8. The molecule has 0 aliphatic carbocycles. The van der Waals surface area contributed by atoms with Crippen LogP contribution in [0, 0.1) is 0 Å². The van der Waals surface area contributed by atoms with Crippen molar-refractivity contribution in [3.05, 3.63) is 53.1 Å². The monoisotopic (exact) mass is 361 g/mol. The first kappa shape index (κ1) is 18.7. The Bertz CT molecular complexity index is 792. The van der Waals surface area contributed by atoms with Crippen molar-refractivity contribution in [2.75, 3.05) is 12.0 Å². The summed E-state index contributed by atoms with van der Waals surface area (Å²) in [6.07, 6.45) is 4.83. The molecule has 1 heterocycles. The second kappa shape index (κ2) is 9.03. The van der Waals surface area contributed by atoms with E-state index in [1.165, 1.54) is 22.5 Å². The van der Waals surface area contributed by atoms with E-state index in [0.29, 0.717) is 17.9 Å². The average Bonchev–Trinajstić information content (AvgIpc) is 2.61. The number of aromatic nitrogens is 2. The van der Waals surface area contributed by atoms with Gasteiger partial charge >= 0.3 is 5.97 Å². The number of thioether (sulfide) groups is 1. The Hall–Kier alpha value is -2.61. The molecule has 2 N–H and O–H groups in total. The van der Waals surface area contributed by atoms with Crippen molar-refractivity contribution >= 4 is 23.6 Å². The summed E-state index contributed by atoms with van der Waals surface area (Å²) in [5.41, 5.74) is 0.955. The maximum atomic E-state index is 12.1. The lowest BCUT2D eigenvalue weighted by molar-refractivity contribution is -0.141. The number of benzene rings is 1. The summed E-state index contributed by atoms with van der Waals surface area (Å²) >= 11 is 1.50. The van der Waals surface area contributed by atoms with Crippen LogP contribution in [-0.2, 0) is 16.1 Å². The van der Waals surface area contributed by atoms with Crippen LogP contribution in [0.15, 0.2) is 47.5 Å². The second-order valence-electron chi connectivity index (χ2n) is 5.34. The summed E-state index contributed by atoms with van der Waals surface area (Å²) in [7, 11) is 0. The molecule has 1 amide bonds. The van der Waals surface area contributed by atoms with Crippen molar-refractivity contribution in [3.8, 4) is 11.3 Å². The maximum absolute atomic E-state index is 12.1. The van der Waals surface area contributed by atoms with Gasteiger partial charge in [-0.25, -0.2) is 9.78 Å². The second-order valence-corrected chi connectivity index (χ2v) is 6.33. The van der Waals surface area contributed by atoms with E-state index >= 15 is 0 Å². The average molecular weight is 361 g/mol. The van der Waals surface area contributed by atoms with Crippen LogP contribution in [0.2, 0.25) is 0 Å². The number of carboxylic acid groups (broad SMARTS) is 1. The van der Waals surface area contributed by atoms with Gasteiger partial charge in [0.05, 0.1) is 11.9 Å². The standard InChI is InChI=1S/C17H19N3O4S/c1-25-8-7-13(17(23)24)19-15(21)11-20-10-14(18-9-16(20)22)12-5-3-2-4-6-12/h2-6,9-10,13H,7-8,11H2,1H3,(H,19,21)(H,23,24)/t13-/m1/s1. The van der Waals surface area contributed by atoms with Gasteiger partial charge in [0, 0.05) is 11.8 Å². The van der Waals surface area contributed by atoms with Crippen molar-refractivity contribution in [1.82, 2.24) is 14.9 Å². The van der Waals surface area contributed by atoms with Crippen molar-refractivity contribution < 1.29 is 14.7 Å². The number of nitrogens with zero attached hydrogens (tertiary/aromatic N) is 2. The third kappa shape index (κ3) is 5.46. The summed E-state index contributed by atoms with van der Waals surface area (Å²) in [5.74, 6) is -1.000. The van der Waals surface area contributed by atoms with Crippen LogP contribution in [0.5, 0.6) is 0 Å². The first-order valence-corrected chi connectivity index (χ1v) is 9.03. The molecule has 0 bridgehead atoms. The lowest BCUT2D eigenvalue weighted by atomic mass is 10.2. The molecule has 0 saturated carbocycles. The molecule has 0 saturated heterocycles. The van der Waals surface area contributed by atoms with Gasteiger partial charge in [0.25, 0.3) is 5.56 Å². The van der Waals surface area contributed by atoms with E-state index in [4.69, 9.17) is 5.11 Å². The number of carbonyl (C=O) groups is 2. The summed E-state index contributed by atoms with van der Waals surface area (Å²) in [6.45, 7) is -0.260. The van der Waals surface area contributed by atoms with Crippen molar-refractivity contribution in [2.45, 2.75) is 19.0 Å². The number of carbonyl (C=O) groups excluding carboxylic acids is 1. The summed E-state index contributed by atoms with van der Waals surface area (Å²) in [6, 6.07) is 8.30. The number of nitrogens with one attached hydrogen (secondary N) is 1. The minimum Gasteiger partial charge on any atom is -0.480 e. The van der Waals surface area contributed by atoms with Gasteiger partial charge in [0.2, 0.25) is 5.91 Å². The zero-order valence-corrected chi connectivity index (χ0v) is 14.5. The van der Waals surface area contributed by atoms with Gasteiger partial charge in [0.15, 0.2) is 0 Å². The Balaban J connectivity index is 2.12. The summed E-state index contributed by atoms with van der Waals surface area (Å²) in [5, 5.41) is 11.6. The minimum absolute atomic E-state index is 0.260. The van der Waals surface area contributed by atoms with Crippen LogP contribution in [-0.4, -0.2) is 44.6 Å². The predicted octanol–water partition coefficient (Wildman–Crippen LogP) is 1.23. The number of amides is 1. The highest BCUT2D eigenvalue weighted by molar-refractivity contribution is 7.98. The molecule has 1 aromatic carbocycles. The van der Waals surface area contributed by atoms with Gasteiger partial charge < -0.3 is 15.0 Å². The van der Waals surface area contributed by atoms with Gasteiger partial charge in [-0.3, -0.25) is 9.59 Å². The van der Waals surface area contributed by atoms with Gasteiger partial charge in [-0.1, -0.05) is 30.3 Å². The van der Waals surface area contributed by atoms with Crippen LogP contribution in [0.4, 0.5) is 0 Å². The highest BCUT2D eigenvalue weighted by Gasteiger charge is 2.19. The number of hydrogen-bond donors (Lipinski definition) is 2. The van der Waals surface area contributed by atoms with Gasteiger partial charge in [-0.2, -0.15) is 11.8 Å². The third-order valence-electron chi connectivity index (χ3n) is 3.50. The van der Waals surface area contributed by atoms with E-state index in [-0.39, 0.29) is 6.54 Å². The molecule has 0 radical (unpaired) electrons.